The van der Waals surface area contributed by atoms with Crippen molar-refractivity contribution in [2.24, 2.45) is 5.41 Å². The molecule has 0 aromatic rings. The van der Waals surface area contributed by atoms with E-state index in [4.69, 9.17) is 0 Å². The Morgan fingerprint density at radius 1 is 1.28 bits per heavy atom. The Labute approximate surface area is 121 Å². The molecule has 2 nitrogen and oxygen atoms in total. The lowest BCUT2D eigenvalue weighted by Crippen LogP contribution is -2.60. The van der Waals surface area contributed by atoms with E-state index < -0.39 is 0 Å². The molecule has 3 atom stereocenters. The SMILES string of the molecule is CC1CNC(C(C)(C)C)CN1CC1CSCCS1. The molecule has 0 amide bonds. The number of piperazine rings is 1. The molecule has 2 aliphatic rings. The quantitative estimate of drug-likeness (QED) is 0.839. The van der Waals surface area contributed by atoms with Crippen LogP contribution in [-0.4, -0.2) is 59.1 Å². The van der Waals surface area contributed by atoms with Gasteiger partial charge in [0.05, 0.1) is 0 Å². The van der Waals surface area contributed by atoms with Crippen molar-refractivity contribution >= 4 is 23.5 Å². The summed E-state index contributed by atoms with van der Waals surface area (Å²) in [5, 5.41) is 4.57. The molecule has 3 unspecified atom stereocenters. The average molecular weight is 289 g/mol. The van der Waals surface area contributed by atoms with E-state index in [1.807, 2.05) is 0 Å². The highest BCUT2D eigenvalue weighted by Gasteiger charge is 2.33. The van der Waals surface area contributed by atoms with E-state index in [1.54, 1.807) is 0 Å². The van der Waals surface area contributed by atoms with Gasteiger partial charge in [-0.2, -0.15) is 23.5 Å². The van der Waals surface area contributed by atoms with Crippen molar-refractivity contribution < 1.29 is 0 Å². The monoisotopic (exact) mass is 288 g/mol. The molecule has 2 heterocycles. The first-order valence-electron chi connectivity index (χ1n) is 7.13. The van der Waals surface area contributed by atoms with Crippen LogP contribution < -0.4 is 5.32 Å². The van der Waals surface area contributed by atoms with Crippen molar-refractivity contribution in [3.05, 3.63) is 0 Å². The molecule has 2 aliphatic heterocycles. The summed E-state index contributed by atoms with van der Waals surface area (Å²) < 4.78 is 0. The maximum absolute atomic E-state index is 3.72. The Morgan fingerprint density at radius 2 is 2.06 bits per heavy atom. The predicted molar refractivity (Wildman–Crippen MR) is 85.9 cm³/mol. The van der Waals surface area contributed by atoms with E-state index in [2.05, 4.69) is 61.4 Å². The molecule has 0 spiro atoms. The van der Waals surface area contributed by atoms with E-state index in [1.165, 1.54) is 30.3 Å². The van der Waals surface area contributed by atoms with Gasteiger partial charge < -0.3 is 5.32 Å². The molecule has 0 aliphatic carbocycles. The van der Waals surface area contributed by atoms with Gasteiger partial charge in [0.2, 0.25) is 0 Å². The van der Waals surface area contributed by atoms with Gasteiger partial charge in [-0.3, -0.25) is 4.90 Å². The summed E-state index contributed by atoms with van der Waals surface area (Å²) in [6.45, 7) is 13.1. The standard InChI is InChI=1S/C14H28N2S2/c1-11-7-15-13(14(2,3)4)9-16(11)8-12-10-17-5-6-18-12/h11-13,15H,5-10H2,1-4H3. The largest absolute Gasteiger partial charge is 0.311 e. The second-order valence-corrected chi connectivity index (χ2v) is 9.26. The van der Waals surface area contributed by atoms with Gasteiger partial charge in [0.1, 0.15) is 0 Å². The third kappa shape index (κ3) is 4.06. The van der Waals surface area contributed by atoms with Gasteiger partial charge in [-0.1, -0.05) is 20.8 Å². The zero-order valence-electron chi connectivity index (χ0n) is 12.2. The van der Waals surface area contributed by atoms with E-state index in [0.29, 0.717) is 17.5 Å². The van der Waals surface area contributed by atoms with Crippen molar-refractivity contribution in [2.75, 3.05) is 36.9 Å². The summed E-state index contributed by atoms with van der Waals surface area (Å²) in [7, 11) is 0. The average Bonchev–Trinajstić information content (AvgIpc) is 2.32. The molecule has 2 saturated heterocycles. The Bertz CT molecular complexity index is 259. The lowest BCUT2D eigenvalue weighted by Gasteiger charge is -2.45. The fraction of sp³-hybridized carbons (Fsp3) is 1.00. The number of nitrogens with zero attached hydrogens (tertiary/aromatic N) is 1. The molecule has 2 fully saturated rings. The fourth-order valence-electron chi connectivity index (χ4n) is 2.66. The Hall–Kier alpha value is 0.620. The maximum atomic E-state index is 3.72. The van der Waals surface area contributed by atoms with Crippen LogP contribution in [-0.2, 0) is 0 Å². The normalized spacial score (nSPS) is 35.7. The Kier molecular flexibility index (Phi) is 5.32. The molecular weight excluding hydrogens is 260 g/mol. The molecule has 0 aromatic heterocycles. The Morgan fingerprint density at radius 3 is 2.67 bits per heavy atom. The third-order valence-electron chi connectivity index (χ3n) is 4.07. The van der Waals surface area contributed by atoms with Crippen LogP contribution in [0.3, 0.4) is 0 Å². The predicted octanol–water partition coefficient (Wildman–Crippen LogP) is 2.54. The summed E-state index contributed by atoms with van der Waals surface area (Å²) in [4.78, 5) is 2.72. The lowest BCUT2D eigenvalue weighted by molar-refractivity contribution is 0.0953. The van der Waals surface area contributed by atoms with Crippen molar-refractivity contribution in [2.45, 2.75) is 45.0 Å². The van der Waals surface area contributed by atoms with Crippen molar-refractivity contribution in [1.82, 2.24) is 10.2 Å². The number of thioether (sulfide) groups is 2. The molecule has 0 aromatic carbocycles. The zero-order chi connectivity index (χ0) is 13.2. The zero-order valence-corrected chi connectivity index (χ0v) is 13.9. The van der Waals surface area contributed by atoms with E-state index in [0.717, 1.165) is 11.8 Å². The highest BCUT2D eigenvalue weighted by Crippen LogP contribution is 2.28. The molecule has 106 valence electrons. The minimum Gasteiger partial charge on any atom is -0.311 e. The van der Waals surface area contributed by atoms with Gasteiger partial charge in [-0.05, 0) is 12.3 Å². The first kappa shape index (κ1) is 15.0. The maximum Gasteiger partial charge on any atom is 0.0265 e. The number of hydrogen-bond donors (Lipinski definition) is 1. The summed E-state index contributed by atoms with van der Waals surface area (Å²) >= 11 is 4.32. The molecular formula is C14H28N2S2. The van der Waals surface area contributed by atoms with Crippen LogP contribution in [0.15, 0.2) is 0 Å². The van der Waals surface area contributed by atoms with Gasteiger partial charge >= 0.3 is 0 Å². The van der Waals surface area contributed by atoms with Gasteiger partial charge in [0.15, 0.2) is 0 Å². The summed E-state index contributed by atoms with van der Waals surface area (Å²) in [5.74, 6) is 4.04. The minimum atomic E-state index is 0.368. The molecule has 4 heteroatoms. The second-order valence-electron chi connectivity index (χ2n) is 6.70. The van der Waals surface area contributed by atoms with Crippen molar-refractivity contribution in [3.63, 3.8) is 0 Å². The van der Waals surface area contributed by atoms with Gasteiger partial charge in [0, 0.05) is 54.2 Å². The van der Waals surface area contributed by atoms with Crippen molar-refractivity contribution in [3.8, 4) is 0 Å². The molecule has 1 N–H and O–H groups in total. The summed E-state index contributed by atoms with van der Waals surface area (Å²) in [6.07, 6.45) is 0. The smallest absolute Gasteiger partial charge is 0.0265 e. The molecule has 18 heavy (non-hydrogen) atoms. The first-order chi connectivity index (χ1) is 8.47. The van der Waals surface area contributed by atoms with Gasteiger partial charge in [0.25, 0.3) is 0 Å². The highest BCUT2D eigenvalue weighted by atomic mass is 32.2. The van der Waals surface area contributed by atoms with E-state index >= 15 is 0 Å². The van der Waals surface area contributed by atoms with E-state index in [9.17, 15) is 0 Å². The first-order valence-corrected chi connectivity index (χ1v) is 9.34. The van der Waals surface area contributed by atoms with Gasteiger partial charge in [-0.25, -0.2) is 0 Å². The van der Waals surface area contributed by atoms with E-state index in [-0.39, 0.29) is 0 Å². The van der Waals surface area contributed by atoms with Crippen LogP contribution in [0.4, 0.5) is 0 Å². The van der Waals surface area contributed by atoms with Gasteiger partial charge in [-0.15, -0.1) is 0 Å². The molecule has 0 radical (unpaired) electrons. The minimum absolute atomic E-state index is 0.368. The lowest BCUT2D eigenvalue weighted by atomic mass is 9.85. The number of hydrogen-bond acceptors (Lipinski definition) is 4. The fourth-order valence-corrected chi connectivity index (χ4v) is 5.35. The second kappa shape index (κ2) is 6.38. The van der Waals surface area contributed by atoms with Crippen LogP contribution in [0.5, 0.6) is 0 Å². The van der Waals surface area contributed by atoms with Crippen LogP contribution in [0.2, 0.25) is 0 Å². The molecule has 0 bridgehead atoms. The number of nitrogens with one attached hydrogen (secondary N) is 1. The van der Waals surface area contributed by atoms with Crippen LogP contribution in [0, 0.1) is 5.41 Å². The van der Waals surface area contributed by atoms with Crippen LogP contribution in [0.1, 0.15) is 27.7 Å². The Balaban J connectivity index is 1.88. The highest BCUT2D eigenvalue weighted by molar-refractivity contribution is 8.06. The van der Waals surface area contributed by atoms with Crippen LogP contribution in [0.25, 0.3) is 0 Å². The van der Waals surface area contributed by atoms with Crippen molar-refractivity contribution in [1.29, 1.82) is 0 Å². The summed E-state index contributed by atoms with van der Waals surface area (Å²) in [6, 6.07) is 1.33. The molecule has 0 saturated carbocycles. The molecule has 2 rings (SSSR count). The number of rotatable bonds is 2. The topological polar surface area (TPSA) is 15.3 Å². The van der Waals surface area contributed by atoms with Crippen LogP contribution >= 0.6 is 23.5 Å². The summed E-state index contributed by atoms with van der Waals surface area (Å²) in [5.41, 5.74) is 0.368. The third-order valence-corrected chi connectivity index (χ3v) is 6.90.